The van der Waals surface area contributed by atoms with Crippen molar-refractivity contribution < 1.29 is 9.18 Å². The van der Waals surface area contributed by atoms with Gasteiger partial charge in [-0.25, -0.2) is 9.37 Å². The van der Waals surface area contributed by atoms with E-state index in [-0.39, 0.29) is 11.7 Å². The van der Waals surface area contributed by atoms with Crippen LogP contribution in [0.25, 0.3) is 22.4 Å². The molecule has 0 aliphatic heterocycles. The molecule has 0 saturated heterocycles. The van der Waals surface area contributed by atoms with E-state index in [0.717, 1.165) is 41.0 Å². The molecule has 1 heterocycles. The molecule has 0 unspecified atom stereocenters. The summed E-state index contributed by atoms with van der Waals surface area (Å²) < 4.78 is 15.4. The van der Waals surface area contributed by atoms with Crippen LogP contribution >= 0.6 is 0 Å². The Morgan fingerprint density at radius 1 is 1.22 bits per heavy atom. The zero-order valence-electron chi connectivity index (χ0n) is 15.6. The second-order valence-corrected chi connectivity index (χ2v) is 7.47. The fraction of sp³-hybridized carbons (Fsp3) is 0.333. The largest absolute Gasteiger partial charge is 0.327 e. The highest BCUT2D eigenvalue weighted by Gasteiger charge is 2.37. The molecule has 0 radical (unpaired) electrons. The summed E-state index contributed by atoms with van der Waals surface area (Å²) in [6, 6.07) is 10.4. The zero-order chi connectivity index (χ0) is 19.2. The summed E-state index contributed by atoms with van der Waals surface area (Å²) in [5.41, 5.74) is 9.49. The van der Waals surface area contributed by atoms with Crippen LogP contribution in [0.3, 0.4) is 0 Å². The third-order valence-electron chi connectivity index (χ3n) is 5.53. The molecule has 5 nitrogen and oxygen atoms in total. The summed E-state index contributed by atoms with van der Waals surface area (Å²) in [7, 11) is 1.90. The van der Waals surface area contributed by atoms with Crippen LogP contribution in [-0.2, 0) is 11.8 Å². The van der Waals surface area contributed by atoms with Crippen LogP contribution < -0.4 is 11.1 Å². The molecule has 0 bridgehead atoms. The highest BCUT2D eigenvalue weighted by molar-refractivity contribution is 5.99. The van der Waals surface area contributed by atoms with E-state index in [1.54, 1.807) is 6.07 Å². The predicted molar refractivity (Wildman–Crippen MR) is 105 cm³/mol. The van der Waals surface area contributed by atoms with Crippen molar-refractivity contribution in [1.29, 1.82) is 0 Å². The van der Waals surface area contributed by atoms with Gasteiger partial charge in [0, 0.05) is 24.4 Å². The first kappa shape index (κ1) is 17.7. The van der Waals surface area contributed by atoms with Crippen LogP contribution in [0, 0.1) is 12.7 Å². The summed E-state index contributed by atoms with van der Waals surface area (Å²) in [4.78, 5) is 17.3. The Bertz CT molecular complexity index is 1030. The molecule has 2 aromatic carbocycles. The van der Waals surface area contributed by atoms with Crippen LogP contribution in [0.1, 0.15) is 31.2 Å². The van der Waals surface area contributed by atoms with Crippen LogP contribution in [0.2, 0.25) is 0 Å². The molecule has 1 aliphatic rings. The van der Waals surface area contributed by atoms with Gasteiger partial charge in [0.05, 0.1) is 16.6 Å². The molecule has 1 fully saturated rings. The van der Waals surface area contributed by atoms with Crippen LogP contribution in [-0.4, -0.2) is 21.0 Å². The highest BCUT2D eigenvalue weighted by atomic mass is 19.1. The normalized spacial score (nSPS) is 16.0. The third-order valence-corrected chi connectivity index (χ3v) is 5.53. The molecule has 3 aromatic rings. The molecule has 1 aliphatic carbocycles. The van der Waals surface area contributed by atoms with E-state index >= 15 is 0 Å². The lowest BCUT2D eigenvalue weighted by molar-refractivity contribution is -0.121. The summed E-state index contributed by atoms with van der Waals surface area (Å²) in [6.07, 6.45) is 3.40. The molecular weight excluding hydrogens is 343 g/mol. The first-order chi connectivity index (χ1) is 12.9. The summed E-state index contributed by atoms with van der Waals surface area (Å²) in [5, 5.41) is 3.00. The molecule has 1 saturated carbocycles. The Morgan fingerprint density at radius 2 is 1.96 bits per heavy atom. The van der Waals surface area contributed by atoms with Gasteiger partial charge in [-0.1, -0.05) is 25.0 Å². The van der Waals surface area contributed by atoms with Crippen molar-refractivity contribution in [1.82, 2.24) is 9.55 Å². The summed E-state index contributed by atoms with van der Waals surface area (Å²) in [6.45, 7) is 1.95. The van der Waals surface area contributed by atoms with Gasteiger partial charge in [0.1, 0.15) is 11.6 Å². The number of carbonyl (C=O) groups is 1. The lowest BCUT2D eigenvalue weighted by atomic mass is 9.97. The van der Waals surface area contributed by atoms with Gasteiger partial charge in [-0.05, 0) is 43.5 Å². The van der Waals surface area contributed by atoms with Crippen molar-refractivity contribution in [2.75, 3.05) is 5.32 Å². The number of benzene rings is 2. The van der Waals surface area contributed by atoms with Gasteiger partial charge in [0.15, 0.2) is 0 Å². The number of halogens is 1. The Morgan fingerprint density at radius 3 is 2.70 bits per heavy atom. The van der Waals surface area contributed by atoms with Crippen molar-refractivity contribution in [2.24, 2.45) is 12.8 Å². The maximum Gasteiger partial charge on any atom is 0.244 e. The Balaban J connectivity index is 1.70. The van der Waals surface area contributed by atoms with Crippen molar-refractivity contribution >= 4 is 22.6 Å². The van der Waals surface area contributed by atoms with Gasteiger partial charge in [0.2, 0.25) is 5.91 Å². The topological polar surface area (TPSA) is 72.9 Å². The van der Waals surface area contributed by atoms with Crippen molar-refractivity contribution in [3.63, 3.8) is 0 Å². The first-order valence-electron chi connectivity index (χ1n) is 9.21. The molecule has 27 heavy (non-hydrogen) atoms. The lowest BCUT2D eigenvalue weighted by Crippen LogP contribution is -2.48. The van der Waals surface area contributed by atoms with Gasteiger partial charge in [-0.15, -0.1) is 0 Å². The number of aryl methyl sites for hydroxylation is 2. The number of anilines is 1. The molecule has 1 amide bonds. The predicted octanol–water partition coefficient (Wildman–Crippen LogP) is 3.90. The number of carbonyl (C=O) groups excluding carboxylic acids is 1. The van der Waals surface area contributed by atoms with E-state index in [1.807, 2.05) is 36.7 Å². The smallest absolute Gasteiger partial charge is 0.244 e. The number of nitrogens with two attached hydrogens (primary N) is 1. The SMILES string of the molecule is Cc1ccc(-c2nc3cc(F)ccc3n2C)cc1NC(=O)C1(N)CCCC1. The average molecular weight is 366 g/mol. The van der Waals surface area contributed by atoms with Gasteiger partial charge in [-0.3, -0.25) is 4.79 Å². The van der Waals surface area contributed by atoms with E-state index in [1.165, 1.54) is 12.1 Å². The fourth-order valence-corrected chi connectivity index (χ4v) is 3.81. The first-order valence-corrected chi connectivity index (χ1v) is 9.21. The minimum absolute atomic E-state index is 0.132. The van der Waals surface area contributed by atoms with Crippen LogP contribution in [0.4, 0.5) is 10.1 Å². The second-order valence-electron chi connectivity index (χ2n) is 7.47. The molecule has 0 atom stereocenters. The molecule has 6 heteroatoms. The third kappa shape index (κ3) is 3.10. The van der Waals surface area contributed by atoms with Gasteiger partial charge in [-0.2, -0.15) is 0 Å². The number of imidazole rings is 1. The molecular formula is C21H23FN4O. The van der Waals surface area contributed by atoms with Gasteiger partial charge < -0.3 is 15.6 Å². The van der Waals surface area contributed by atoms with Crippen molar-refractivity contribution in [2.45, 2.75) is 38.1 Å². The number of aromatic nitrogens is 2. The van der Waals surface area contributed by atoms with Crippen LogP contribution in [0.5, 0.6) is 0 Å². The number of amides is 1. The van der Waals surface area contributed by atoms with Crippen LogP contribution in [0.15, 0.2) is 36.4 Å². The fourth-order valence-electron chi connectivity index (χ4n) is 3.81. The Hall–Kier alpha value is -2.73. The van der Waals surface area contributed by atoms with E-state index in [2.05, 4.69) is 10.3 Å². The number of nitrogens with zero attached hydrogens (tertiary/aromatic N) is 2. The Labute approximate surface area is 157 Å². The van der Waals surface area contributed by atoms with E-state index in [0.29, 0.717) is 18.4 Å². The number of fused-ring (bicyclic) bond motifs is 1. The maximum atomic E-state index is 13.5. The molecule has 0 spiro atoms. The van der Waals surface area contributed by atoms with E-state index in [9.17, 15) is 9.18 Å². The highest BCUT2D eigenvalue weighted by Crippen LogP contribution is 2.31. The number of hydrogen-bond acceptors (Lipinski definition) is 3. The zero-order valence-corrected chi connectivity index (χ0v) is 15.6. The van der Waals surface area contributed by atoms with Crippen molar-refractivity contribution in [3.8, 4) is 11.4 Å². The average Bonchev–Trinajstić information content (AvgIpc) is 3.21. The molecule has 140 valence electrons. The number of rotatable bonds is 3. The van der Waals surface area contributed by atoms with Gasteiger partial charge >= 0.3 is 0 Å². The molecule has 3 N–H and O–H groups in total. The second kappa shape index (κ2) is 6.46. The number of nitrogens with one attached hydrogen (secondary N) is 1. The lowest BCUT2D eigenvalue weighted by Gasteiger charge is -2.23. The van der Waals surface area contributed by atoms with Gasteiger partial charge in [0.25, 0.3) is 0 Å². The number of hydrogen-bond donors (Lipinski definition) is 2. The summed E-state index contributed by atoms with van der Waals surface area (Å²) in [5.74, 6) is 0.274. The van der Waals surface area contributed by atoms with Crippen molar-refractivity contribution in [3.05, 3.63) is 47.8 Å². The minimum Gasteiger partial charge on any atom is -0.327 e. The monoisotopic (exact) mass is 366 g/mol. The van der Waals surface area contributed by atoms with E-state index in [4.69, 9.17) is 5.73 Å². The standard InChI is InChI=1S/C21H23FN4O/c1-13-5-6-14(11-16(13)25-20(27)21(23)9-3-4-10-21)19-24-17-12-15(22)7-8-18(17)26(19)2/h5-8,11-12H,3-4,9-10,23H2,1-2H3,(H,25,27). The van der Waals surface area contributed by atoms with E-state index < -0.39 is 5.54 Å². The maximum absolute atomic E-state index is 13.5. The summed E-state index contributed by atoms with van der Waals surface area (Å²) >= 11 is 0. The quantitative estimate of drug-likeness (QED) is 0.738. The minimum atomic E-state index is -0.780. The molecule has 4 rings (SSSR count). The Kier molecular flexibility index (Phi) is 4.23. The molecule has 1 aromatic heterocycles.